The van der Waals surface area contributed by atoms with Crippen LogP contribution in [0.25, 0.3) is 11.4 Å². The zero-order chi connectivity index (χ0) is 21.8. The average Bonchev–Trinajstić information content (AvgIpc) is 2.97. The van der Waals surface area contributed by atoms with Gasteiger partial charge in [0.1, 0.15) is 6.54 Å². The third-order valence-electron chi connectivity index (χ3n) is 5.62. The smallest absolute Gasteiger partial charge is 0.242 e. The predicted octanol–water partition coefficient (Wildman–Crippen LogP) is 4.30. The first-order valence-electron chi connectivity index (χ1n) is 10.5. The molecule has 2 aromatic carbocycles. The van der Waals surface area contributed by atoms with Crippen LogP contribution in [0.5, 0.6) is 0 Å². The number of aryl methyl sites for hydroxylation is 1. The molecule has 0 atom stereocenters. The van der Waals surface area contributed by atoms with Crippen molar-refractivity contribution in [3.05, 3.63) is 69.5 Å². The second-order valence-electron chi connectivity index (χ2n) is 7.94. The maximum Gasteiger partial charge on any atom is 0.242 e. The first-order valence-corrected chi connectivity index (χ1v) is 11.2. The summed E-state index contributed by atoms with van der Waals surface area (Å²) < 4.78 is 2.25. The molecule has 1 aliphatic rings. The number of H-pyrrole nitrogens is 1. The van der Waals surface area contributed by atoms with Gasteiger partial charge in [-0.25, -0.2) is 0 Å². The summed E-state index contributed by atoms with van der Waals surface area (Å²) >= 11 is 11.4. The molecule has 4 rings (SSSR count). The van der Waals surface area contributed by atoms with E-state index in [0.717, 1.165) is 43.2 Å². The van der Waals surface area contributed by atoms with Crippen molar-refractivity contribution in [2.45, 2.75) is 26.4 Å². The van der Waals surface area contributed by atoms with Crippen LogP contribution in [0.3, 0.4) is 0 Å². The van der Waals surface area contributed by atoms with Crippen molar-refractivity contribution in [2.24, 2.45) is 0 Å². The molecule has 1 aromatic heterocycles. The first kappa shape index (κ1) is 21.7. The van der Waals surface area contributed by atoms with E-state index in [9.17, 15) is 4.79 Å². The standard InChI is InChI=1S/C23H26ClN5OS/c1-17-3-7-19(8-4-17)22-25-26-23(31)29(22)16-21(30)28-12-2-11-27(13-14-28)15-18-5-9-20(24)10-6-18/h3-10H,2,11-16H2,1H3,(H,26,31). The summed E-state index contributed by atoms with van der Waals surface area (Å²) in [5.41, 5.74) is 3.35. The summed E-state index contributed by atoms with van der Waals surface area (Å²) in [7, 11) is 0. The number of halogens is 1. The van der Waals surface area contributed by atoms with Gasteiger partial charge in [-0.1, -0.05) is 53.6 Å². The maximum absolute atomic E-state index is 13.1. The number of aromatic amines is 1. The van der Waals surface area contributed by atoms with Gasteiger partial charge in [-0.05, 0) is 43.3 Å². The van der Waals surface area contributed by atoms with Crippen LogP contribution in [0.1, 0.15) is 17.5 Å². The van der Waals surface area contributed by atoms with Gasteiger partial charge >= 0.3 is 0 Å². The topological polar surface area (TPSA) is 57.2 Å². The van der Waals surface area contributed by atoms with E-state index < -0.39 is 0 Å². The molecule has 162 valence electrons. The molecule has 0 radical (unpaired) electrons. The normalized spacial score (nSPS) is 15.1. The van der Waals surface area contributed by atoms with Gasteiger partial charge in [-0.15, -0.1) is 0 Å². The summed E-state index contributed by atoms with van der Waals surface area (Å²) in [4.78, 5) is 17.4. The second-order valence-corrected chi connectivity index (χ2v) is 8.76. The Morgan fingerprint density at radius 3 is 2.55 bits per heavy atom. The minimum absolute atomic E-state index is 0.0687. The quantitative estimate of drug-likeness (QED) is 0.582. The van der Waals surface area contributed by atoms with Crippen molar-refractivity contribution >= 4 is 29.7 Å². The molecule has 0 saturated carbocycles. The van der Waals surface area contributed by atoms with Crippen LogP contribution in [-0.2, 0) is 17.9 Å². The molecule has 3 aromatic rings. The lowest BCUT2D eigenvalue weighted by atomic mass is 10.1. The van der Waals surface area contributed by atoms with Crippen LogP contribution in [0.15, 0.2) is 48.5 Å². The van der Waals surface area contributed by atoms with Crippen LogP contribution in [0.2, 0.25) is 5.02 Å². The van der Waals surface area contributed by atoms with Crippen molar-refractivity contribution in [3.8, 4) is 11.4 Å². The molecule has 1 N–H and O–H groups in total. The number of aromatic nitrogens is 3. The molecular formula is C23H26ClN5OS. The van der Waals surface area contributed by atoms with Crippen LogP contribution in [0.4, 0.5) is 0 Å². The zero-order valence-corrected chi connectivity index (χ0v) is 19.1. The van der Waals surface area contributed by atoms with Crippen LogP contribution >= 0.6 is 23.8 Å². The lowest BCUT2D eigenvalue weighted by Gasteiger charge is -2.22. The highest BCUT2D eigenvalue weighted by atomic mass is 35.5. The van der Waals surface area contributed by atoms with E-state index in [1.807, 2.05) is 48.2 Å². The Morgan fingerprint density at radius 1 is 1.06 bits per heavy atom. The van der Waals surface area contributed by atoms with E-state index in [2.05, 4.69) is 27.2 Å². The van der Waals surface area contributed by atoms with E-state index in [1.165, 1.54) is 11.1 Å². The summed E-state index contributed by atoms with van der Waals surface area (Å²) in [6.45, 7) is 6.36. The van der Waals surface area contributed by atoms with E-state index >= 15 is 0 Å². The van der Waals surface area contributed by atoms with Crippen molar-refractivity contribution < 1.29 is 4.79 Å². The lowest BCUT2D eigenvalue weighted by Crippen LogP contribution is -2.37. The van der Waals surface area contributed by atoms with Crippen LogP contribution < -0.4 is 0 Å². The minimum Gasteiger partial charge on any atom is -0.340 e. The molecule has 1 saturated heterocycles. The lowest BCUT2D eigenvalue weighted by molar-refractivity contribution is -0.131. The van der Waals surface area contributed by atoms with Gasteiger partial charge < -0.3 is 4.90 Å². The SMILES string of the molecule is Cc1ccc(-c2n[nH]c(=S)n2CC(=O)N2CCCN(Cc3ccc(Cl)cc3)CC2)cc1. The summed E-state index contributed by atoms with van der Waals surface area (Å²) in [5, 5.41) is 7.94. The van der Waals surface area contributed by atoms with Gasteiger partial charge in [-0.2, -0.15) is 5.10 Å². The fourth-order valence-corrected chi connectivity index (χ4v) is 4.17. The number of carbonyl (C=O) groups is 1. The van der Waals surface area contributed by atoms with Gasteiger partial charge in [0.25, 0.3) is 0 Å². The number of rotatable bonds is 5. The summed E-state index contributed by atoms with van der Waals surface area (Å²) in [6.07, 6.45) is 0.945. The Bertz CT molecular complexity index is 1090. The molecule has 31 heavy (non-hydrogen) atoms. The van der Waals surface area contributed by atoms with E-state index in [0.29, 0.717) is 17.1 Å². The number of carbonyl (C=O) groups excluding carboxylic acids is 1. The molecular weight excluding hydrogens is 430 g/mol. The van der Waals surface area contributed by atoms with Crippen molar-refractivity contribution in [1.29, 1.82) is 0 Å². The zero-order valence-electron chi connectivity index (χ0n) is 17.6. The van der Waals surface area contributed by atoms with E-state index in [1.54, 1.807) is 4.57 Å². The van der Waals surface area contributed by atoms with Gasteiger partial charge in [-0.3, -0.25) is 19.4 Å². The minimum atomic E-state index is 0.0687. The maximum atomic E-state index is 13.1. The number of amides is 1. The Kier molecular flexibility index (Phi) is 6.85. The molecule has 6 nitrogen and oxygen atoms in total. The molecule has 2 heterocycles. The highest BCUT2D eigenvalue weighted by Crippen LogP contribution is 2.19. The largest absolute Gasteiger partial charge is 0.340 e. The molecule has 8 heteroatoms. The van der Waals surface area contributed by atoms with Gasteiger partial charge in [0.2, 0.25) is 5.91 Å². The second kappa shape index (κ2) is 9.77. The van der Waals surface area contributed by atoms with Crippen molar-refractivity contribution in [2.75, 3.05) is 26.2 Å². The number of hydrogen-bond acceptors (Lipinski definition) is 4. The van der Waals surface area contributed by atoms with Crippen molar-refractivity contribution in [3.63, 3.8) is 0 Å². The molecule has 1 aliphatic heterocycles. The molecule has 1 fully saturated rings. The van der Waals surface area contributed by atoms with E-state index in [-0.39, 0.29) is 12.5 Å². The molecule has 0 bridgehead atoms. The average molecular weight is 456 g/mol. The van der Waals surface area contributed by atoms with Crippen LogP contribution in [-0.4, -0.2) is 56.7 Å². The highest BCUT2D eigenvalue weighted by molar-refractivity contribution is 7.71. The number of hydrogen-bond donors (Lipinski definition) is 1. The van der Waals surface area contributed by atoms with Gasteiger partial charge in [0, 0.05) is 43.3 Å². The van der Waals surface area contributed by atoms with E-state index in [4.69, 9.17) is 23.8 Å². The monoisotopic (exact) mass is 455 g/mol. The molecule has 0 aliphatic carbocycles. The fraction of sp³-hybridized carbons (Fsp3) is 0.348. The summed E-state index contributed by atoms with van der Waals surface area (Å²) in [6, 6.07) is 16.0. The third-order valence-corrected chi connectivity index (χ3v) is 6.19. The fourth-order valence-electron chi connectivity index (χ4n) is 3.85. The Balaban J connectivity index is 1.40. The third kappa shape index (κ3) is 5.42. The molecule has 1 amide bonds. The Morgan fingerprint density at radius 2 is 1.81 bits per heavy atom. The first-order chi connectivity index (χ1) is 15.0. The summed E-state index contributed by atoms with van der Waals surface area (Å²) in [5.74, 6) is 0.761. The molecule has 0 unspecified atom stereocenters. The Labute approximate surface area is 192 Å². The van der Waals surface area contributed by atoms with Crippen molar-refractivity contribution in [1.82, 2.24) is 24.6 Å². The molecule has 0 spiro atoms. The number of nitrogens with one attached hydrogen (secondary N) is 1. The number of benzene rings is 2. The number of nitrogens with zero attached hydrogens (tertiary/aromatic N) is 4. The predicted molar refractivity (Wildman–Crippen MR) is 126 cm³/mol. The van der Waals surface area contributed by atoms with Gasteiger partial charge in [0.15, 0.2) is 10.6 Å². The van der Waals surface area contributed by atoms with Gasteiger partial charge in [0.05, 0.1) is 0 Å². The Hall–Kier alpha value is -2.48. The van der Waals surface area contributed by atoms with Crippen LogP contribution in [0, 0.1) is 11.7 Å². The highest BCUT2D eigenvalue weighted by Gasteiger charge is 2.21.